The Hall–Kier alpha value is 1.91. The average Bonchev–Trinajstić information content (AvgIpc) is 2.13. The monoisotopic (exact) mass is 384 g/mol. The van der Waals surface area contributed by atoms with Crippen LogP contribution in [0.1, 0.15) is 10.4 Å². The molecule has 1 rings (SSSR count). The Morgan fingerprint density at radius 2 is 1.09 bits per heavy atom. The van der Waals surface area contributed by atoms with Crippen LogP contribution in [0.25, 0.3) is 0 Å². The smallest absolute Gasteiger partial charge is 0.822 e. The van der Waals surface area contributed by atoms with Crippen LogP contribution in [0.3, 0.4) is 0 Å². The molecule has 15 heteroatoms. The van der Waals surface area contributed by atoms with Gasteiger partial charge in [-0.05, 0) is 12.1 Å². The minimum absolute atomic E-state index is 0. The Morgan fingerprint density at radius 3 is 1.23 bits per heavy atom. The van der Waals surface area contributed by atoms with Gasteiger partial charge >= 0.3 is 102 Å². The van der Waals surface area contributed by atoms with Gasteiger partial charge in [0.25, 0.3) is 0 Å². The molecule has 0 amide bonds. The number of rotatable bonds is 1. The Kier molecular flexibility index (Phi) is 28.3. The maximum atomic E-state index is 10.2. The summed E-state index contributed by atoms with van der Waals surface area (Å²) in [6, 6.07) is 8.30. The zero-order chi connectivity index (χ0) is 15.7. The van der Waals surface area contributed by atoms with Crippen molar-refractivity contribution in [1.29, 1.82) is 0 Å². The Morgan fingerprint density at radius 1 is 0.864 bits per heavy atom. The Labute approximate surface area is 192 Å². The van der Waals surface area contributed by atoms with Crippen molar-refractivity contribution >= 4 is 21.6 Å². The van der Waals surface area contributed by atoms with Crippen molar-refractivity contribution in [2.75, 3.05) is 0 Å². The van der Waals surface area contributed by atoms with Crippen LogP contribution in [0.15, 0.2) is 30.3 Å². The molecule has 0 atom stereocenters. The second kappa shape index (κ2) is 17.7. The van der Waals surface area contributed by atoms with Crippen LogP contribution in [0.5, 0.6) is 0 Å². The summed E-state index contributed by atoms with van der Waals surface area (Å²) in [5.41, 5.74) is 0.331. The van der Waals surface area contributed by atoms with E-state index in [1.165, 1.54) is 0 Å². The van der Waals surface area contributed by atoms with Gasteiger partial charge in [-0.2, -0.15) is 7.82 Å². The normalized spacial score (nSPS) is 9.00. The van der Waals surface area contributed by atoms with Crippen LogP contribution >= 0.6 is 15.6 Å². The van der Waals surface area contributed by atoms with Crippen molar-refractivity contribution in [3.05, 3.63) is 35.9 Å². The van der Waals surface area contributed by atoms with Gasteiger partial charge in [-0.25, -0.2) is 9.36 Å². The van der Waals surface area contributed by atoms with Gasteiger partial charge in [-0.1, -0.05) is 18.2 Å². The van der Waals surface area contributed by atoms with Crippen LogP contribution in [-0.2, 0) is 9.13 Å². The fraction of sp³-hybridized carbons (Fsp3) is 0. The first-order valence-electron chi connectivity index (χ1n) is 4.10. The summed E-state index contributed by atoms with van der Waals surface area (Å²) >= 11 is 0. The molecule has 0 spiro atoms. The number of carboxylic acids is 1. The molecule has 110 valence electrons. The van der Waals surface area contributed by atoms with E-state index in [1.807, 2.05) is 0 Å². The topological polar surface area (TPSA) is 201 Å². The molecule has 0 saturated heterocycles. The van der Waals surface area contributed by atoms with Gasteiger partial charge in [0, 0.05) is 0 Å². The maximum Gasteiger partial charge on any atom is 1.00 e. The molecule has 4 N–H and O–H groups in total. The van der Waals surface area contributed by atoms with E-state index in [0.29, 0.717) is 5.56 Å². The van der Waals surface area contributed by atoms with E-state index in [4.69, 9.17) is 43.6 Å². The third kappa shape index (κ3) is 49.5. The van der Waals surface area contributed by atoms with Gasteiger partial charge < -0.3 is 39.0 Å². The van der Waals surface area contributed by atoms with E-state index < -0.39 is 21.6 Å². The molecule has 1 aromatic carbocycles. The molecular weight excluding hydrogens is 375 g/mol. The fourth-order valence-corrected chi connectivity index (χ4v) is 0.581. The summed E-state index contributed by atoms with van der Waals surface area (Å²) in [7, 11) is -10.0. The van der Waals surface area contributed by atoms with E-state index in [0.717, 1.165) is 0 Å². The molecule has 0 unspecified atom stereocenters. The van der Waals surface area contributed by atoms with Gasteiger partial charge in [0.15, 0.2) is 0 Å². The molecule has 0 saturated carbocycles. The summed E-state index contributed by atoms with van der Waals surface area (Å²) in [6.45, 7) is 0. The van der Waals surface area contributed by atoms with E-state index in [2.05, 4.69) is 0 Å². The van der Waals surface area contributed by atoms with Crippen molar-refractivity contribution in [2.45, 2.75) is 0 Å². The van der Waals surface area contributed by atoms with Gasteiger partial charge in [0.1, 0.15) is 0 Å². The van der Waals surface area contributed by atoms with Gasteiger partial charge in [0.05, 0.1) is 5.56 Å². The molecule has 0 fully saturated rings. The number of benzene rings is 1. The second-order valence-corrected chi connectivity index (χ2v) is 4.55. The summed E-state index contributed by atoms with van der Waals surface area (Å²) in [6.07, 6.45) is 0. The van der Waals surface area contributed by atoms with Crippen LogP contribution in [0.4, 0.5) is 0 Å². The van der Waals surface area contributed by atoms with Crippen LogP contribution in [-0.4, -0.2) is 25.8 Å². The van der Waals surface area contributed by atoms with E-state index in [-0.39, 0.29) is 88.7 Å². The first-order valence-corrected chi connectivity index (χ1v) is 7.13. The minimum atomic E-state index is -5.39. The average molecular weight is 384 g/mol. The largest absolute Gasteiger partial charge is 1.00 e. The molecular formula is C7H9Na3O10P2. The quantitative estimate of drug-likeness (QED) is 0.266. The van der Waals surface area contributed by atoms with Gasteiger partial charge in [0.2, 0.25) is 0 Å². The number of carbonyl (C=O) groups is 1. The molecule has 0 aliphatic heterocycles. The SMILES string of the molecule is O=C(O)c1ccccc1.O=P(O)(O)O.O=P([O-])([O-])[O-].[Na+].[Na+].[Na+]. The molecule has 0 bridgehead atoms. The van der Waals surface area contributed by atoms with Gasteiger partial charge in [-0.15, -0.1) is 0 Å². The maximum absolute atomic E-state index is 10.2. The van der Waals surface area contributed by atoms with Gasteiger partial charge in [-0.3, -0.25) is 0 Å². The second-order valence-electron chi connectivity index (χ2n) is 2.63. The third-order valence-electron chi connectivity index (χ3n) is 1.02. The predicted octanol–water partition coefficient (Wildman–Crippen LogP) is -11.4. The summed E-state index contributed by atoms with van der Waals surface area (Å²) in [5.74, 6) is -0.879. The molecule has 1 aromatic rings. The first kappa shape index (κ1) is 35.1. The van der Waals surface area contributed by atoms with E-state index >= 15 is 0 Å². The predicted molar refractivity (Wildman–Crippen MR) is 55.3 cm³/mol. The molecule has 0 heterocycles. The van der Waals surface area contributed by atoms with Crippen molar-refractivity contribution in [3.63, 3.8) is 0 Å². The van der Waals surface area contributed by atoms with Crippen molar-refractivity contribution in [1.82, 2.24) is 0 Å². The van der Waals surface area contributed by atoms with Crippen molar-refractivity contribution < 1.29 is 137 Å². The van der Waals surface area contributed by atoms with E-state index in [9.17, 15) is 4.79 Å². The zero-order valence-corrected chi connectivity index (χ0v) is 19.8. The van der Waals surface area contributed by atoms with Crippen molar-refractivity contribution in [3.8, 4) is 0 Å². The van der Waals surface area contributed by atoms with Crippen molar-refractivity contribution in [2.24, 2.45) is 0 Å². The van der Waals surface area contributed by atoms with E-state index in [1.54, 1.807) is 30.3 Å². The summed E-state index contributed by atoms with van der Waals surface area (Å²) in [4.78, 5) is 57.4. The fourth-order valence-electron chi connectivity index (χ4n) is 0.581. The summed E-state index contributed by atoms with van der Waals surface area (Å²) < 4.78 is 17.4. The molecule has 0 aliphatic rings. The first-order chi connectivity index (χ1) is 8.30. The number of hydrogen-bond donors (Lipinski definition) is 4. The molecule has 0 aromatic heterocycles. The molecule has 22 heavy (non-hydrogen) atoms. The number of phosphoric acid groups is 2. The number of aromatic carboxylic acids is 1. The number of hydrogen-bond acceptors (Lipinski definition) is 6. The number of carboxylic acid groups (broad SMARTS) is 1. The molecule has 10 nitrogen and oxygen atoms in total. The Bertz CT molecular complexity index is 436. The standard InChI is InChI=1S/C7H6O2.3Na.2H3O4P/c8-7(9)6-4-2-1-3-5-6;;;;2*1-5(2,3)4/h1-5H,(H,8,9);;;;2*(H3,1,2,3,4)/q;3*+1;;/p-3. The Balaban J connectivity index is -0.0000000659. The minimum Gasteiger partial charge on any atom is -0.822 e. The molecule has 0 aliphatic carbocycles. The zero-order valence-electron chi connectivity index (χ0n) is 12.0. The summed E-state index contributed by atoms with van der Waals surface area (Å²) in [5, 5.41) is 8.38. The van der Waals surface area contributed by atoms with Crippen LogP contribution < -0.4 is 103 Å². The van der Waals surface area contributed by atoms with Crippen LogP contribution in [0.2, 0.25) is 0 Å². The third-order valence-corrected chi connectivity index (χ3v) is 1.02. The van der Waals surface area contributed by atoms with Crippen LogP contribution in [0, 0.1) is 0 Å². The molecule has 0 radical (unpaired) electrons.